The van der Waals surface area contributed by atoms with Gasteiger partial charge in [-0.05, 0) is 49.2 Å². The van der Waals surface area contributed by atoms with Gasteiger partial charge in [-0.3, -0.25) is 4.79 Å². The van der Waals surface area contributed by atoms with E-state index in [9.17, 15) is 18.0 Å². The van der Waals surface area contributed by atoms with E-state index >= 15 is 0 Å². The fourth-order valence-electron chi connectivity index (χ4n) is 4.35. The molecule has 0 bridgehead atoms. The Kier molecular flexibility index (Phi) is 6.92. The van der Waals surface area contributed by atoms with E-state index in [0.717, 1.165) is 31.6 Å². The van der Waals surface area contributed by atoms with Gasteiger partial charge in [0.25, 0.3) is 5.91 Å². The van der Waals surface area contributed by atoms with Crippen LogP contribution in [-0.4, -0.2) is 34.1 Å². The van der Waals surface area contributed by atoms with Crippen LogP contribution in [0, 0.1) is 0 Å². The Morgan fingerprint density at radius 3 is 2.32 bits per heavy atom. The number of benzene rings is 2. The Morgan fingerprint density at radius 2 is 1.71 bits per heavy atom. The molecule has 1 fully saturated rings. The highest BCUT2D eigenvalue weighted by Crippen LogP contribution is 2.36. The molecule has 198 valence electrons. The van der Waals surface area contributed by atoms with Crippen molar-refractivity contribution in [2.45, 2.75) is 44.7 Å². The second-order valence-corrected chi connectivity index (χ2v) is 9.47. The van der Waals surface area contributed by atoms with Crippen LogP contribution in [0.25, 0.3) is 11.5 Å². The quantitative estimate of drug-likeness (QED) is 0.307. The molecule has 0 atom stereocenters. The molecule has 8 nitrogen and oxygen atoms in total. The average molecular weight is 526 g/mol. The summed E-state index contributed by atoms with van der Waals surface area (Å²) in [5.41, 5.74) is 0.811. The van der Waals surface area contributed by atoms with E-state index in [2.05, 4.69) is 25.3 Å². The minimum Gasteiger partial charge on any atom is -0.431 e. The number of hydrogen-bond acceptors (Lipinski definition) is 7. The minimum atomic E-state index is -4.87. The fraction of sp³-hybridized carbons (Fsp3) is 0.333. The third-order valence-electron chi connectivity index (χ3n) is 6.43. The first kappa shape index (κ1) is 25.5. The summed E-state index contributed by atoms with van der Waals surface area (Å²) < 4.78 is 51.1. The van der Waals surface area contributed by atoms with E-state index in [1.165, 1.54) is 0 Å². The van der Waals surface area contributed by atoms with Crippen molar-refractivity contribution in [1.29, 1.82) is 0 Å². The lowest BCUT2D eigenvalue weighted by molar-refractivity contribution is -0.153. The summed E-state index contributed by atoms with van der Waals surface area (Å²) in [5.74, 6) is -0.912. The van der Waals surface area contributed by atoms with Crippen molar-refractivity contribution in [3.05, 3.63) is 77.8 Å². The third kappa shape index (κ3) is 5.41. The van der Waals surface area contributed by atoms with Crippen LogP contribution >= 0.6 is 0 Å². The normalized spacial score (nSPS) is 14.7. The molecule has 0 spiro atoms. The van der Waals surface area contributed by atoms with E-state index in [4.69, 9.17) is 8.94 Å². The SMILES string of the molecule is CC(C)c1noc(C2CCN(c3ccc(NC(=O)c4nc(-c5ccccc5)oc4C(F)(F)F)cc3)CC2)n1. The van der Waals surface area contributed by atoms with Gasteiger partial charge >= 0.3 is 6.18 Å². The van der Waals surface area contributed by atoms with Gasteiger partial charge in [-0.15, -0.1) is 0 Å². The van der Waals surface area contributed by atoms with Gasteiger partial charge in [-0.1, -0.05) is 37.2 Å². The molecule has 1 amide bonds. The van der Waals surface area contributed by atoms with E-state index in [0.29, 0.717) is 23.0 Å². The molecule has 0 saturated carbocycles. The van der Waals surface area contributed by atoms with Crippen molar-refractivity contribution < 1.29 is 26.9 Å². The first-order valence-corrected chi connectivity index (χ1v) is 12.3. The number of carbonyl (C=O) groups excluding carboxylic acids is 1. The number of piperidine rings is 1. The Labute approximate surface area is 216 Å². The third-order valence-corrected chi connectivity index (χ3v) is 6.43. The number of nitrogens with one attached hydrogen (secondary N) is 1. The standard InChI is InChI=1S/C27H26F3N5O3/c1-16(2)23-33-26(38-34-23)18-12-14-35(15-13-18)20-10-8-19(9-11-20)31-24(36)21-22(27(28,29)30)37-25(32-21)17-6-4-3-5-7-17/h3-11,16,18H,12-15H2,1-2H3,(H,31,36). The first-order valence-electron chi connectivity index (χ1n) is 12.3. The number of nitrogens with zero attached hydrogens (tertiary/aromatic N) is 4. The lowest BCUT2D eigenvalue weighted by atomic mass is 9.96. The highest BCUT2D eigenvalue weighted by molar-refractivity contribution is 6.04. The average Bonchev–Trinajstić information content (AvgIpc) is 3.59. The highest BCUT2D eigenvalue weighted by atomic mass is 19.4. The summed E-state index contributed by atoms with van der Waals surface area (Å²) in [6.45, 7) is 5.61. The molecule has 4 aromatic rings. The summed E-state index contributed by atoms with van der Waals surface area (Å²) in [5, 5.41) is 6.55. The molecule has 1 aliphatic heterocycles. The van der Waals surface area contributed by atoms with Crippen LogP contribution in [0.1, 0.15) is 66.5 Å². The number of amides is 1. The fourth-order valence-corrected chi connectivity index (χ4v) is 4.35. The zero-order valence-corrected chi connectivity index (χ0v) is 20.8. The number of halogens is 3. The summed E-state index contributed by atoms with van der Waals surface area (Å²) in [4.78, 5) is 23.3. The summed E-state index contributed by atoms with van der Waals surface area (Å²) in [6.07, 6.45) is -3.16. The van der Waals surface area contributed by atoms with Gasteiger partial charge in [0.15, 0.2) is 11.5 Å². The number of anilines is 2. The zero-order chi connectivity index (χ0) is 26.9. The van der Waals surface area contributed by atoms with Gasteiger partial charge in [0.2, 0.25) is 17.5 Å². The summed E-state index contributed by atoms with van der Waals surface area (Å²) in [6, 6.07) is 15.1. The number of hydrogen-bond donors (Lipinski definition) is 1. The Balaban J connectivity index is 1.24. The predicted octanol–water partition coefficient (Wildman–Crippen LogP) is 6.50. The van der Waals surface area contributed by atoms with Crippen LogP contribution in [0.3, 0.4) is 0 Å². The molecule has 1 aliphatic rings. The van der Waals surface area contributed by atoms with Crippen molar-refractivity contribution in [2.75, 3.05) is 23.3 Å². The van der Waals surface area contributed by atoms with Crippen LogP contribution in [0.4, 0.5) is 24.5 Å². The maximum absolute atomic E-state index is 13.6. The van der Waals surface area contributed by atoms with Crippen LogP contribution in [0.2, 0.25) is 0 Å². The molecule has 2 aromatic heterocycles. The van der Waals surface area contributed by atoms with Crippen molar-refractivity contribution in [2.24, 2.45) is 0 Å². The molecular formula is C27H26F3N5O3. The topological polar surface area (TPSA) is 97.3 Å². The van der Waals surface area contributed by atoms with Gasteiger partial charge in [0.05, 0.1) is 0 Å². The van der Waals surface area contributed by atoms with Crippen LogP contribution in [-0.2, 0) is 6.18 Å². The second kappa shape index (κ2) is 10.3. The van der Waals surface area contributed by atoms with Crippen molar-refractivity contribution in [3.8, 4) is 11.5 Å². The molecule has 2 aromatic carbocycles. The lowest BCUT2D eigenvalue weighted by Gasteiger charge is -2.32. The molecule has 3 heterocycles. The molecule has 1 N–H and O–H groups in total. The lowest BCUT2D eigenvalue weighted by Crippen LogP contribution is -2.32. The summed E-state index contributed by atoms with van der Waals surface area (Å²) >= 11 is 0. The van der Waals surface area contributed by atoms with Gasteiger partial charge in [-0.25, -0.2) is 4.98 Å². The first-order chi connectivity index (χ1) is 18.2. The number of alkyl halides is 3. The molecule has 0 unspecified atom stereocenters. The second-order valence-electron chi connectivity index (χ2n) is 9.47. The van der Waals surface area contributed by atoms with E-state index in [1.807, 2.05) is 26.0 Å². The van der Waals surface area contributed by atoms with E-state index in [-0.39, 0.29) is 17.7 Å². The molecule has 0 aliphatic carbocycles. The van der Waals surface area contributed by atoms with Crippen LogP contribution in [0.15, 0.2) is 63.5 Å². The molecule has 11 heteroatoms. The number of aromatic nitrogens is 3. The van der Waals surface area contributed by atoms with Gasteiger partial charge in [0.1, 0.15) is 0 Å². The van der Waals surface area contributed by atoms with Crippen molar-refractivity contribution in [3.63, 3.8) is 0 Å². The number of oxazole rings is 1. The van der Waals surface area contributed by atoms with E-state index < -0.39 is 23.5 Å². The minimum absolute atomic E-state index is 0.205. The highest BCUT2D eigenvalue weighted by Gasteiger charge is 2.42. The van der Waals surface area contributed by atoms with Crippen molar-refractivity contribution >= 4 is 17.3 Å². The van der Waals surface area contributed by atoms with E-state index in [1.54, 1.807) is 42.5 Å². The molecule has 0 radical (unpaired) electrons. The molecule has 38 heavy (non-hydrogen) atoms. The molecular weight excluding hydrogens is 499 g/mol. The van der Waals surface area contributed by atoms with Gasteiger partial charge in [-0.2, -0.15) is 18.2 Å². The molecule has 5 rings (SSSR count). The molecule has 1 saturated heterocycles. The van der Waals surface area contributed by atoms with Gasteiger partial charge < -0.3 is 19.2 Å². The predicted molar refractivity (Wildman–Crippen MR) is 134 cm³/mol. The van der Waals surface area contributed by atoms with Crippen LogP contribution in [0.5, 0.6) is 0 Å². The largest absolute Gasteiger partial charge is 0.452 e. The maximum Gasteiger partial charge on any atom is 0.452 e. The zero-order valence-electron chi connectivity index (χ0n) is 20.8. The Hall–Kier alpha value is -4.15. The smallest absolute Gasteiger partial charge is 0.431 e. The number of rotatable bonds is 6. The van der Waals surface area contributed by atoms with Crippen molar-refractivity contribution in [1.82, 2.24) is 15.1 Å². The monoisotopic (exact) mass is 525 g/mol. The number of carbonyl (C=O) groups is 1. The Morgan fingerprint density at radius 1 is 1.03 bits per heavy atom. The van der Waals surface area contributed by atoms with Gasteiger partial charge in [0, 0.05) is 41.9 Å². The Bertz CT molecular complexity index is 1390. The van der Waals surface area contributed by atoms with Crippen LogP contribution < -0.4 is 10.2 Å². The maximum atomic E-state index is 13.6. The summed E-state index contributed by atoms with van der Waals surface area (Å²) in [7, 11) is 0.